The molecule has 0 aliphatic heterocycles. The molecule has 0 aromatic heterocycles. The van der Waals surface area contributed by atoms with E-state index in [0.717, 1.165) is 17.7 Å². The van der Waals surface area contributed by atoms with Crippen LogP contribution in [0.3, 0.4) is 0 Å². The highest BCUT2D eigenvalue weighted by molar-refractivity contribution is 8.03. The van der Waals surface area contributed by atoms with Gasteiger partial charge in [-0.2, -0.15) is 4.39 Å². The fraction of sp³-hybridized carbons (Fsp3) is 0.0435. The van der Waals surface area contributed by atoms with E-state index < -0.39 is 22.4 Å². The van der Waals surface area contributed by atoms with Crippen LogP contribution in [0.5, 0.6) is 0 Å². The molecule has 156 valence electrons. The highest BCUT2D eigenvalue weighted by Gasteiger charge is 2.17. The SMILES string of the molecule is O=C(O)c1ccc(C(=O)/C(=C\c2ccc(F)c([N+](=O)[O-])c2)SCc2ccccc2)cc1. The van der Waals surface area contributed by atoms with Gasteiger partial charge in [-0.3, -0.25) is 14.9 Å². The Bertz CT molecular complexity index is 1160. The molecule has 31 heavy (non-hydrogen) atoms. The van der Waals surface area contributed by atoms with E-state index in [1.54, 1.807) is 0 Å². The average Bonchev–Trinajstić information content (AvgIpc) is 2.77. The highest BCUT2D eigenvalue weighted by atomic mass is 32.2. The van der Waals surface area contributed by atoms with Gasteiger partial charge in [-0.05, 0) is 35.4 Å². The van der Waals surface area contributed by atoms with Gasteiger partial charge >= 0.3 is 11.7 Å². The fourth-order valence-corrected chi connectivity index (χ4v) is 3.71. The zero-order valence-corrected chi connectivity index (χ0v) is 16.8. The lowest BCUT2D eigenvalue weighted by Crippen LogP contribution is -2.03. The Kier molecular flexibility index (Phi) is 6.94. The van der Waals surface area contributed by atoms with Crippen molar-refractivity contribution in [2.45, 2.75) is 5.75 Å². The van der Waals surface area contributed by atoms with Crippen molar-refractivity contribution >= 4 is 35.3 Å². The summed E-state index contributed by atoms with van der Waals surface area (Å²) in [6, 6.07) is 18.3. The van der Waals surface area contributed by atoms with Crippen molar-refractivity contribution in [2.24, 2.45) is 0 Å². The predicted octanol–water partition coefficient (Wildman–Crippen LogP) is 5.59. The number of thioether (sulfide) groups is 1. The number of carboxylic acid groups (broad SMARTS) is 1. The number of halogens is 1. The lowest BCUT2D eigenvalue weighted by molar-refractivity contribution is -0.387. The van der Waals surface area contributed by atoms with Gasteiger partial charge in [0.15, 0.2) is 5.78 Å². The molecule has 0 spiro atoms. The molecule has 8 heteroatoms. The van der Waals surface area contributed by atoms with Crippen LogP contribution in [0.25, 0.3) is 6.08 Å². The monoisotopic (exact) mass is 437 g/mol. The summed E-state index contributed by atoms with van der Waals surface area (Å²) in [7, 11) is 0. The summed E-state index contributed by atoms with van der Waals surface area (Å²) in [6.07, 6.45) is 1.47. The second-order valence-corrected chi connectivity index (χ2v) is 7.48. The molecule has 0 unspecified atom stereocenters. The number of hydrogen-bond donors (Lipinski definition) is 1. The summed E-state index contributed by atoms with van der Waals surface area (Å²) in [4.78, 5) is 34.6. The molecule has 0 amide bonds. The van der Waals surface area contributed by atoms with Crippen molar-refractivity contribution in [1.29, 1.82) is 0 Å². The van der Waals surface area contributed by atoms with Crippen molar-refractivity contribution < 1.29 is 24.0 Å². The molecular weight excluding hydrogens is 421 g/mol. The van der Waals surface area contributed by atoms with Gasteiger partial charge in [0.05, 0.1) is 15.4 Å². The Balaban J connectivity index is 1.96. The van der Waals surface area contributed by atoms with E-state index in [1.165, 1.54) is 48.2 Å². The number of carboxylic acids is 1. The number of nitrogens with zero attached hydrogens (tertiary/aromatic N) is 1. The van der Waals surface area contributed by atoms with Crippen LogP contribution < -0.4 is 0 Å². The molecule has 3 aromatic rings. The third kappa shape index (κ3) is 5.64. The number of rotatable bonds is 8. The molecular formula is C23H16FNO5S. The summed E-state index contributed by atoms with van der Waals surface area (Å²) < 4.78 is 13.7. The maximum atomic E-state index is 13.7. The van der Waals surface area contributed by atoms with Crippen LogP contribution in [0.2, 0.25) is 0 Å². The Hall–Kier alpha value is -3.78. The Morgan fingerprint density at radius 1 is 1.00 bits per heavy atom. The maximum absolute atomic E-state index is 13.7. The number of hydrogen-bond acceptors (Lipinski definition) is 5. The number of nitro groups is 1. The number of carbonyl (C=O) groups is 2. The number of Topliss-reactive ketones (excluding diaryl/α,β-unsaturated/α-hetero) is 1. The average molecular weight is 437 g/mol. The van der Waals surface area contributed by atoms with Gasteiger partial charge in [0.25, 0.3) is 0 Å². The van der Waals surface area contributed by atoms with Crippen LogP contribution in [0.1, 0.15) is 31.8 Å². The van der Waals surface area contributed by atoms with E-state index in [1.807, 2.05) is 30.3 Å². The lowest BCUT2D eigenvalue weighted by Gasteiger charge is -2.08. The minimum absolute atomic E-state index is 0.0492. The maximum Gasteiger partial charge on any atom is 0.335 e. The zero-order chi connectivity index (χ0) is 22.4. The molecule has 0 heterocycles. The van der Waals surface area contributed by atoms with Gasteiger partial charge in [0.2, 0.25) is 5.82 Å². The van der Waals surface area contributed by atoms with Crippen molar-refractivity contribution in [3.8, 4) is 0 Å². The van der Waals surface area contributed by atoms with Crippen LogP contribution in [-0.4, -0.2) is 21.8 Å². The van der Waals surface area contributed by atoms with Crippen molar-refractivity contribution in [3.63, 3.8) is 0 Å². The number of carbonyl (C=O) groups excluding carboxylic acids is 1. The first-order valence-electron chi connectivity index (χ1n) is 9.05. The van der Waals surface area contributed by atoms with Crippen molar-refractivity contribution in [3.05, 3.63) is 116 Å². The summed E-state index contributed by atoms with van der Waals surface area (Å²) >= 11 is 1.23. The van der Waals surface area contributed by atoms with E-state index in [4.69, 9.17) is 5.11 Å². The smallest absolute Gasteiger partial charge is 0.335 e. The molecule has 0 fully saturated rings. The van der Waals surface area contributed by atoms with Crippen LogP contribution in [0, 0.1) is 15.9 Å². The van der Waals surface area contributed by atoms with Crippen LogP contribution in [-0.2, 0) is 5.75 Å². The largest absolute Gasteiger partial charge is 0.478 e. The normalized spacial score (nSPS) is 11.2. The molecule has 0 aliphatic rings. The van der Waals surface area contributed by atoms with E-state index in [2.05, 4.69) is 0 Å². The molecule has 3 rings (SSSR count). The van der Waals surface area contributed by atoms with Crippen LogP contribution >= 0.6 is 11.8 Å². The molecule has 0 atom stereocenters. The number of nitro benzene ring substituents is 1. The molecule has 6 nitrogen and oxygen atoms in total. The third-order valence-electron chi connectivity index (χ3n) is 4.32. The Morgan fingerprint density at radius 3 is 2.26 bits per heavy atom. The molecule has 3 aromatic carbocycles. The topological polar surface area (TPSA) is 97.5 Å². The molecule has 0 aliphatic carbocycles. The third-order valence-corrected chi connectivity index (χ3v) is 5.41. The van der Waals surface area contributed by atoms with Gasteiger partial charge < -0.3 is 5.11 Å². The summed E-state index contributed by atoms with van der Waals surface area (Å²) in [5, 5.41) is 20.1. The van der Waals surface area contributed by atoms with Gasteiger partial charge in [-0.15, -0.1) is 11.8 Å². The highest BCUT2D eigenvalue weighted by Crippen LogP contribution is 2.29. The quantitative estimate of drug-likeness (QED) is 0.214. The molecule has 1 N–H and O–H groups in total. The van der Waals surface area contributed by atoms with Gasteiger partial charge in [-0.1, -0.05) is 48.5 Å². The van der Waals surface area contributed by atoms with Crippen molar-refractivity contribution in [1.82, 2.24) is 0 Å². The number of aromatic carboxylic acids is 1. The molecule has 0 radical (unpaired) electrons. The van der Waals surface area contributed by atoms with Gasteiger partial charge in [-0.25, -0.2) is 4.79 Å². The zero-order valence-electron chi connectivity index (χ0n) is 16.0. The van der Waals surface area contributed by atoms with E-state index in [0.29, 0.717) is 11.3 Å². The number of benzene rings is 3. The van der Waals surface area contributed by atoms with Gasteiger partial charge in [0.1, 0.15) is 0 Å². The second kappa shape index (κ2) is 9.82. The Labute approximate surface area is 181 Å². The summed E-state index contributed by atoms with van der Waals surface area (Å²) in [5.74, 6) is -1.97. The summed E-state index contributed by atoms with van der Waals surface area (Å²) in [5.41, 5.74) is 0.915. The first kappa shape index (κ1) is 21.9. The first-order chi connectivity index (χ1) is 14.8. The molecule has 0 saturated carbocycles. The molecule has 0 bridgehead atoms. The minimum Gasteiger partial charge on any atom is -0.478 e. The number of ketones is 1. The number of allylic oxidation sites excluding steroid dienone is 1. The van der Waals surface area contributed by atoms with Crippen LogP contribution in [0.15, 0.2) is 77.7 Å². The lowest BCUT2D eigenvalue weighted by atomic mass is 10.1. The predicted molar refractivity (Wildman–Crippen MR) is 117 cm³/mol. The van der Waals surface area contributed by atoms with Gasteiger partial charge in [0, 0.05) is 17.4 Å². The fourth-order valence-electron chi connectivity index (χ4n) is 2.73. The second-order valence-electron chi connectivity index (χ2n) is 6.46. The Morgan fingerprint density at radius 2 is 1.65 bits per heavy atom. The van der Waals surface area contributed by atoms with E-state index in [9.17, 15) is 24.1 Å². The van der Waals surface area contributed by atoms with E-state index >= 15 is 0 Å². The standard InChI is InChI=1S/C23H16FNO5S/c24-19-11-6-16(12-20(19)25(29)30)13-21(31-14-15-4-2-1-3-5-15)22(26)17-7-9-18(10-8-17)23(27)28/h1-13H,14H2,(H,27,28)/b21-13+. The van der Waals surface area contributed by atoms with Crippen LogP contribution in [0.4, 0.5) is 10.1 Å². The van der Waals surface area contributed by atoms with Crippen molar-refractivity contribution in [2.75, 3.05) is 0 Å². The molecule has 0 saturated heterocycles. The van der Waals surface area contributed by atoms with E-state index in [-0.39, 0.29) is 21.8 Å². The first-order valence-corrected chi connectivity index (χ1v) is 10.0. The summed E-state index contributed by atoms with van der Waals surface area (Å²) in [6.45, 7) is 0. The minimum atomic E-state index is -1.10.